The molecule has 1 heterocycles. The van der Waals surface area contributed by atoms with E-state index in [1.165, 1.54) is 0 Å². The Kier molecular flexibility index (Phi) is 13.9. The highest BCUT2D eigenvalue weighted by Gasteiger charge is 2.14. The number of nitrogens with zero attached hydrogens (tertiary/aromatic N) is 3. The van der Waals surface area contributed by atoms with Crippen molar-refractivity contribution in [2.75, 3.05) is 73.1 Å². The molecule has 7 nitrogen and oxygen atoms in total. The Morgan fingerprint density at radius 1 is 0.857 bits per heavy atom. The summed E-state index contributed by atoms with van der Waals surface area (Å²) in [5.41, 5.74) is 0. The first kappa shape index (κ1) is 24.9. The van der Waals surface area contributed by atoms with Gasteiger partial charge in [-0.15, -0.1) is 0 Å². The number of esters is 2. The fourth-order valence-electron chi connectivity index (χ4n) is 3.06. The van der Waals surface area contributed by atoms with Crippen molar-refractivity contribution >= 4 is 11.9 Å². The highest BCUT2D eigenvalue weighted by Crippen LogP contribution is 2.03. The zero-order valence-electron chi connectivity index (χ0n) is 18.3. The van der Waals surface area contributed by atoms with E-state index in [4.69, 9.17) is 9.47 Å². The van der Waals surface area contributed by atoms with Crippen LogP contribution in [-0.4, -0.2) is 99.8 Å². The highest BCUT2D eigenvalue weighted by atomic mass is 16.5. The number of piperazine rings is 1. The maximum atomic E-state index is 11.8. The molecule has 28 heavy (non-hydrogen) atoms. The summed E-state index contributed by atoms with van der Waals surface area (Å²) in [6.45, 7) is 10.3. The van der Waals surface area contributed by atoms with Crippen LogP contribution < -0.4 is 0 Å². The monoisotopic (exact) mass is 399 g/mol. The van der Waals surface area contributed by atoms with E-state index in [-0.39, 0.29) is 11.9 Å². The number of carbonyl (C=O) groups excluding carboxylic acids is 2. The van der Waals surface area contributed by atoms with Gasteiger partial charge >= 0.3 is 11.9 Å². The van der Waals surface area contributed by atoms with E-state index < -0.39 is 0 Å². The molecule has 0 saturated carbocycles. The van der Waals surface area contributed by atoms with E-state index in [9.17, 15) is 9.59 Å². The van der Waals surface area contributed by atoms with Gasteiger partial charge in [-0.2, -0.15) is 0 Å². The largest absolute Gasteiger partial charge is 0.466 e. The van der Waals surface area contributed by atoms with Crippen molar-refractivity contribution in [2.45, 2.75) is 51.9 Å². The summed E-state index contributed by atoms with van der Waals surface area (Å²) in [4.78, 5) is 30.1. The van der Waals surface area contributed by atoms with E-state index in [1.54, 1.807) is 0 Å². The molecule has 0 N–H and O–H groups in total. The lowest BCUT2D eigenvalue weighted by Crippen LogP contribution is -2.46. The van der Waals surface area contributed by atoms with Crippen molar-refractivity contribution in [1.82, 2.24) is 14.7 Å². The van der Waals surface area contributed by atoms with Crippen molar-refractivity contribution in [2.24, 2.45) is 0 Å². The summed E-state index contributed by atoms with van der Waals surface area (Å²) in [5.74, 6) is -0.218. The first-order chi connectivity index (χ1) is 13.5. The number of hydrogen-bond acceptors (Lipinski definition) is 7. The number of hydrogen-bond donors (Lipinski definition) is 0. The molecule has 0 amide bonds. The maximum absolute atomic E-state index is 11.8. The molecule has 0 aromatic carbocycles. The average Bonchev–Trinajstić information content (AvgIpc) is 2.68. The molecule has 1 rings (SSSR count). The minimum Gasteiger partial charge on any atom is -0.466 e. The van der Waals surface area contributed by atoms with Gasteiger partial charge in [-0.25, -0.2) is 0 Å². The normalized spacial score (nSPS) is 15.7. The molecule has 164 valence electrons. The molecule has 1 saturated heterocycles. The Balaban J connectivity index is 1.90. The highest BCUT2D eigenvalue weighted by molar-refractivity contribution is 5.69. The summed E-state index contributed by atoms with van der Waals surface area (Å²) in [6.07, 6.45) is 5.51. The average molecular weight is 400 g/mol. The molecule has 1 fully saturated rings. The Morgan fingerprint density at radius 2 is 1.43 bits per heavy atom. The standard InChI is InChI=1S/C21H41N3O4/c1-4-9-20(25)27-18-7-5-6-8-19-28-21(26)10-11-22(2)12-15-24-16-13-23(3)14-17-24/h4-19H2,1-3H3. The first-order valence-corrected chi connectivity index (χ1v) is 10.9. The molecule has 0 radical (unpaired) electrons. The van der Waals surface area contributed by atoms with Gasteiger partial charge in [0, 0.05) is 52.2 Å². The van der Waals surface area contributed by atoms with Crippen LogP contribution >= 0.6 is 0 Å². The number of carbonyl (C=O) groups is 2. The van der Waals surface area contributed by atoms with Gasteiger partial charge in [0.05, 0.1) is 19.6 Å². The molecule has 1 aliphatic rings. The maximum Gasteiger partial charge on any atom is 0.307 e. The Bertz CT molecular complexity index is 426. The summed E-state index contributed by atoms with van der Waals surface area (Å²) in [6, 6.07) is 0. The number of unbranched alkanes of at least 4 members (excludes halogenated alkanes) is 3. The van der Waals surface area contributed by atoms with Crippen molar-refractivity contribution in [3.05, 3.63) is 0 Å². The van der Waals surface area contributed by atoms with Crippen LogP contribution in [0.4, 0.5) is 0 Å². The predicted molar refractivity (Wildman–Crippen MR) is 111 cm³/mol. The molecule has 7 heteroatoms. The molecule has 0 aliphatic carbocycles. The summed E-state index contributed by atoms with van der Waals surface area (Å²) in [7, 11) is 4.23. The number of likely N-dealkylation sites (N-methyl/N-ethyl adjacent to an activating group) is 2. The number of ether oxygens (including phenoxy) is 2. The Labute approximate surface area is 171 Å². The second-order valence-electron chi connectivity index (χ2n) is 7.80. The summed E-state index contributed by atoms with van der Waals surface area (Å²) < 4.78 is 10.4. The van der Waals surface area contributed by atoms with Gasteiger partial charge in [-0.3, -0.25) is 14.5 Å². The van der Waals surface area contributed by atoms with Gasteiger partial charge in [0.2, 0.25) is 0 Å². The first-order valence-electron chi connectivity index (χ1n) is 10.9. The predicted octanol–water partition coefficient (Wildman–Crippen LogP) is 2.00. The van der Waals surface area contributed by atoms with E-state index in [0.717, 1.165) is 77.9 Å². The van der Waals surface area contributed by atoms with Crippen LogP contribution in [0, 0.1) is 0 Å². The van der Waals surface area contributed by atoms with Crippen LogP contribution in [0.3, 0.4) is 0 Å². The van der Waals surface area contributed by atoms with Crippen molar-refractivity contribution in [1.29, 1.82) is 0 Å². The van der Waals surface area contributed by atoms with Crippen LogP contribution in [0.2, 0.25) is 0 Å². The smallest absolute Gasteiger partial charge is 0.307 e. The van der Waals surface area contributed by atoms with E-state index in [0.29, 0.717) is 26.1 Å². The molecule has 0 aromatic heterocycles. The van der Waals surface area contributed by atoms with Crippen LogP contribution in [0.25, 0.3) is 0 Å². The van der Waals surface area contributed by atoms with Crippen LogP contribution in [-0.2, 0) is 19.1 Å². The lowest BCUT2D eigenvalue weighted by atomic mass is 10.2. The van der Waals surface area contributed by atoms with E-state index >= 15 is 0 Å². The van der Waals surface area contributed by atoms with Crippen LogP contribution in [0.15, 0.2) is 0 Å². The quantitative estimate of drug-likeness (QED) is 0.308. The van der Waals surface area contributed by atoms with Gasteiger partial charge in [0.15, 0.2) is 0 Å². The summed E-state index contributed by atoms with van der Waals surface area (Å²) in [5, 5.41) is 0. The Morgan fingerprint density at radius 3 is 2.00 bits per heavy atom. The van der Waals surface area contributed by atoms with Gasteiger partial charge in [-0.1, -0.05) is 6.92 Å². The second-order valence-corrected chi connectivity index (χ2v) is 7.80. The fraction of sp³-hybridized carbons (Fsp3) is 0.905. The van der Waals surface area contributed by atoms with Crippen molar-refractivity contribution < 1.29 is 19.1 Å². The fourth-order valence-corrected chi connectivity index (χ4v) is 3.06. The van der Waals surface area contributed by atoms with Gasteiger partial charge < -0.3 is 19.3 Å². The third-order valence-electron chi connectivity index (χ3n) is 5.11. The Hall–Kier alpha value is -1.18. The summed E-state index contributed by atoms with van der Waals surface area (Å²) >= 11 is 0. The third-order valence-corrected chi connectivity index (χ3v) is 5.11. The lowest BCUT2D eigenvalue weighted by Gasteiger charge is -2.33. The van der Waals surface area contributed by atoms with Gasteiger partial charge in [0.25, 0.3) is 0 Å². The minimum atomic E-state index is -0.111. The topological polar surface area (TPSA) is 62.3 Å². The second kappa shape index (κ2) is 15.7. The van der Waals surface area contributed by atoms with Gasteiger partial charge in [0.1, 0.15) is 0 Å². The van der Waals surface area contributed by atoms with Crippen molar-refractivity contribution in [3.63, 3.8) is 0 Å². The molecule has 0 unspecified atom stereocenters. The third kappa shape index (κ3) is 13.1. The van der Waals surface area contributed by atoms with Crippen LogP contribution in [0.5, 0.6) is 0 Å². The molecule has 0 bridgehead atoms. The van der Waals surface area contributed by atoms with Crippen molar-refractivity contribution in [3.8, 4) is 0 Å². The SMILES string of the molecule is CCCC(=O)OCCCCCCOC(=O)CCN(C)CCN1CCN(C)CC1. The van der Waals surface area contributed by atoms with Gasteiger partial charge in [-0.05, 0) is 46.2 Å². The molecular weight excluding hydrogens is 358 g/mol. The molecule has 1 aliphatic heterocycles. The molecular formula is C21H41N3O4. The molecule has 0 aromatic rings. The minimum absolute atomic E-state index is 0.107. The van der Waals surface area contributed by atoms with E-state index in [2.05, 4.69) is 28.8 Å². The molecule has 0 spiro atoms. The van der Waals surface area contributed by atoms with Crippen LogP contribution in [0.1, 0.15) is 51.9 Å². The zero-order valence-corrected chi connectivity index (χ0v) is 18.3. The zero-order chi connectivity index (χ0) is 20.6. The lowest BCUT2D eigenvalue weighted by molar-refractivity contribution is -0.145. The molecule has 0 atom stereocenters. The van der Waals surface area contributed by atoms with E-state index in [1.807, 2.05) is 6.92 Å². The number of rotatable bonds is 15.